The van der Waals surface area contributed by atoms with E-state index in [9.17, 15) is 4.79 Å². The van der Waals surface area contributed by atoms with Gasteiger partial charge in [0.05, 0.1) is 11.2 Å². The smallest absolute Gasteiger partial charge is 0.268 e. The van der Waals surface area contributed by atoms with Gasteiger partial charge in [0.2, 0.25) is 0 Å². The fourth-order valence-electron chi connectivity index (χ4n) is 2.30. The van der Waals surface area contributed by atoms with Crippen LogP contribution in [-0.4, -0.2) is 20.9 Å². The van der Waals surface area contributed by atoms with Crippen molar-refractivity contribution in [3.05, 3.63) is 58.9 Å². The van der Waals surface area contributed by atoms with Crippen LogP contribution in [0.3, 0.4) is 0 Å². The van der Waals surface area contributed by atoms with Crippen molar-refractivity contribution >= 4 is 23.1 Å². The Bertz CT molecular complexity index is 843. The van der Waals surface area contributed by atoms with Crippen LogP contribution in [0.1, 0.15) is 33.4 Å². The summed E-state index contributed by atoms with van der Waals surface area (Å²) in [4.78, 5) is 25.6. The Labute approximate surface area is 137 Å². The molecule has 0 radical (unpaired) electrons. The number of aromatic nitrogens is 3. The SMILES string of the molecule is O=C(Nc1cc(-c2cccnc2)ccn1)c1cnc(C2CC2)s1. The van der Waals surface area contributed by atoms with E-state index in [-0.39, 0.29) is 5.91 Å². The Kier molecular flexibility index (Phi) is 3.59. The standard InChI is InChI=1S/C17H14N4OS/c22-16(14-10-20-17(23-14)11-3-4-11)21-15-8-12(5-7-19-15)13-2-1-6-18-9-13/h1-2,5-11H,3-4H2,(H,19,21,22). The van der Waals surface area contributed by atoms with Gasteiger partial charge in [-0.1, -0.05) is 6.07 Å². The van der Waals surface area contributed by atoms with Gasteiger partial charge in [-0.05, 0) is 36.6 Å². The van der Waals surface area contributed by atoms with Crippen LogP contribution in [0.25, 0.3) is 11.1 Å². The predicted molar refractivity (Wildman–Crippen MR) is 89.5 cm³/mol. The van der Waals surface area contributed by atoms with Crippen molar-refractivity contribution in [3.63, 3.8) is 0 Å². The molecule has 0 spiro atoms. The average Bonchev–Trinajstić information content (AvgIpc) is 3.33. The quantitative estimate of drug-likeness (QED) is 0.794. The minimum atomic E-state index is -0.162. The molecule has 1 amide bonds. The predicted octanol–water partition coefficient (Wildman–Crippen LogP) is 3.73. The van der Waals surface area contributed by atoms with Crippen LogP contribution in [-0.2, 0) is 0 Å². The molecule has 0 bridgehead atoms. The number of carbonyl (C=O) groups is 1. The number of thiazole rings is 1. The number of nitrogens with zero attached hydrogens (tertiary/aromatic N) is 3. The van der Waals surface area contributed by atoms with Gasteiger partial charge in [-0.2, -0.15) is 0 Å². The lowest BCUT2D eigenvalue weighted by molar-refractivity contribution is 0.103. The van der Waals surface area contributed by atoms with Gasteiger partial charge in [-0.3, -0.25) is 9.78 Å². The van der Waals surface area contributed by atoms with E-state index in [2.05, 4.69) is 20.3 Å². The molecule has 1 aliphatic carbocycles. The molecule has 0 saturated heterocycles. The zero-order chi connectivity index (χ0) is 15.6. The lowest BCUT2D eigenvalue weighted by Crippen LogP contribution is -2.11. The average molecular weight is 322 g/mol. The number of hydrogen-bond acceptors (Lipinski definition) is 5. The maximum absolute atomic E-state index is 12.3. The fourth-order valence-corrected chi connectivity index (χ4v) is 3.28. The Balaban J connectivity index is 1.52. The summed E-state index contributed by atoms with van der Waals surface area (Å²) in [6.07, 6.45) is 9.21. The molecule has 1 aliphatic rings. The number of anilines is 1. The molecule has 1 saturated carbocycles. The van der Waals surface area contributed by atoms with E-state index in [1.54, 1.807) is 24.8 Å². The van der Waals surface area contributed by atoms with E-state index in [1.807, 2.05) is 24.3 Å². The van der Waals surface area contributed by atoms with Crippen molar-refractivity contribution in [1.29, 1.82) is 0 Å². The summed E-state index contributed by atoms with van der Waals surface area (Å²) >= 11 is 1.47. The molecule has 5 nitrogen and oxygen atoms in total. The molecule has 4 rings (SSSR count). The first-order chi connectivity index (χ1) is 11.3. The van der Waals surface area contributed by atoms with E-state index >= 15 is 0 Å². The number of pyridine rings is 2. The first-order valence-electron chi connectivity index (χ1n) is 7.43. The normalized spacial score (nSPS) is 13.7. The van der Waals surface area contributed by atoms with E-state index < -0.39 is 0 Å². The molecule has 0 aliphatic heterocycles. The number of carbonyl (C=O) groups excluding carboxylic acids is 1. The Hall–Kier alpha value is -2.60. The number of hydrogen-bond donors (Lipinski definition) is 1. The summed E-state index contributed by atoms with van der Waals surface area (Å²) in [6.45, 7) is 0. The zero-order valence-corrected chi connectivity index (χ0v) is 13.1. The Morgan fingerprint density at radius 3 is 2.83 bits per heavy atom. The summed E-state index contributed by atoms with van der Waals surface area (Å²) in [5, 5.41) is 3.90. The minimum Gasteiger partial charge on any atom is -0.306 e. The molecule has 0 atom stereocenters. The Morgan fingerprint density at radius 2 is 2.04 bits per heavy atom. The molecule has 23 heavy (non-hydrogen) atoms. The second kappa shape index (κ2) is 5.89. The van der Waals surface area contributed by atoms with Gasteiger partial charge in [-0.15, -0.1) is 11.3 Å². The van der Waals surface area contributed by atoms with E-state index in [4.69, 9.17) is 0 Å². The number of amides is 1. The highest BCUT2D eigenvalue weighted by molar-refractivity contribution is 7.13. The molecule has 0 aromatic carbocycles. The molecule has 3 heterocycles. The van der Waals surface area contributed by atoms with Crippen LogP contribution in [0.4, 0.5) is 5.82 Å². The topological polar surface area (TPSA) is 67.8 Å². The molecule has 0 unspecified atom stereocenters. The highest BCUT2D eigenvalue weighted by Crippen LogP contribution is 2.41. The van der Waals surface area contributed by atoms with Crippen LogP contribution >= 0.6 is 11.3 Å². The second-order valence-electron chi connectivity index (χ2n) is 5.46. The third-order valence-electron chi connectivity index (χ3n) is 3.67. The lowest BCUT2D eigenvalue weighted by Gasteiger charge is -2.05. The summed E-state index contributed by atoms with van der Waals surface area (Å²) < 4.78 is 0. The van der Waals surface area contributed by atoms with Crippen molar-refractivity contribution < 1.29 is 4.79 Å². The van der Waals surface area contributed by atoms with Crippen molar-refractivity contribution in [1.82, 2.24) is 15.0 Å². The zero-order valence-electron chi connectivity index (χ0n) is 12.3. The van der Waals surface area contributed by atoms with Gasteiger partial charge in [0.1, 0.15) is 10.7 Å². The van der Waals surface area contributed by atoms with E-state index in [0.717, 1.165) is 16.1 Å². The molecule has 114 valence electrons. The number of rotatable bonds is 4. The van der Waals surface area contributed by atoms with Crippen molar-refractivity contribution in [2.24, 2.45) is 0 Å². The first kappa shape index (κ1) is 14.0. The molecular formula is C17H14N4OS. The Morgan fingerprint density at radius 1 is 1.13 bits per heavy atom. The van der Waals surface area contributed by atoms with Crippen LogP contribution < -0.4 is 5.32 Å². The maximum Gasteiger partial charge on any atom is 0.268 e. The second-order valence-corrected chi connectivity index (χ2v) is 6.52. The maximum atomic E-state index is 12.3. The summed E-state index contributed by atoms with van der Waals surface area (Å²) in [7, 11) is 0. The van der Waals surface area contributed by atoms with Crippen LogP contribution in [0.15, 0.2) is 49.1 Å². The monoisotopic (exact) mass is 322 g/mol. The lowest BCUT2D eigenvalue weighted by atomic mass is 10.1. The molecule has 6 heteroatoms. The van der Waals surface area contributed by atoms with E-state index in [1.165, 1.54) is 24.2 Å². The van der Waals surface area contributed by atoms with Crippen LogP contribution in [0.5, 0.6) is 0 Å². The molecule has 3 aromatic heterocycles. The third-order valence-corrected chi connectivity index (χ3v) is 4.83. The molecular weight excluding hydrogens is 308 g/mol. The van der Waals surface area contributed by atoms with E-state index in [0.29, 0.717) is 16.6 Å². The van der Waals surface area contributed by atoms with Crippen molar-refractivity contribution in [2.45, 2.75) is 18.8 Å². The van der Waals surface area contributed by atoms with Gasteiger partial charge in [0, 0.05) is 30.1 Å². The van der Waals surface area contributed by atoms with Crippen molar-refractivity contribution in [3.8, 4) is 11.1 Å². The largest absolute Gasteiger partial charge is 0.306 e. The molecule has 1 fully saturated rings. The molecule has 3 aromatic rings. The highest BCUT2D eigenvalue weighted by atomic mass is 32.1. The third kappa shape index (κ3) is 3.12. The highest BCUT2D eigenvalue weighted by Gasteiger charge is 2.27. The molecule has 1 N–H and O–H groups in total. The summed E-state index contributed by atoms with van der Waals surface area (Å²) in [6, 6.07) is 7.59. The van der Waals surface area contributed by atoms with Gasteiger partial charge in [-0.25, -0.2) is 9.97 Å². The van der Waals surface area contributed by atoms with Crippen LogP contribution in [0.2, 0.25) is 0 Å². The minimum absolute atomic E-state index is 0.162. The summed E-state index contributed by atoms with van der Waals surface area (Å²) in [5.74, 6) is 0.927. The summed E-state index contributed by atoms with van der Waals surface area (Å²) in [5.41, 5.74) is 1.95. The van der Waals surface area contributed by atoms with Gasteiger partial charge in [0.25, 0.3) is 5.91 Å². The number of nitrogens with one attached hydrogen (secondary N) is 1. The first-order valence-corrected chi connectivity index (χ1v) is 8.25. The van der Waals surface area contributed by atoms with Gasteiger partial charge < -0.3 is 5.32 Å². The van der Waals surface area contributed by atoms with Gasteiger partial charge >= 0.3 is 0 Å². The van der Waals surface area contributed by atoms with Gasteiger partial charge in [0.15, 0.2) is 0 Å². The van der Waals surface area contributed by atoms with Crippen molar-refractivity contribution in [2.75, 3.05) is 5.32 Å². The fraction of sp³-hybridized carbons (Fsp3) is 0.176. The van der Waals surface area contributed by atoms with Crippen LogP contribution in [0, 0.1) is 0 Å².